The van der Waals surface area contributed by atoms with E-state index >= 15 is 0 Å². The molecule has 0 aliphatic heterocycles. The monoisotopic (exact) mass is 216 g/mol. The summed E-state index contributed by atoms with van der Waals surface area (Å²) in [5, 5.41) is 8.61. The summed E-state index contributed by atoms with van der Waals surface area (Å²) < 4.78 is 0. The Balaban J connectivity index is 2.57. The molecule has 0 aromatic carbocycles. The maximum Gasteiger partial charge on any atom is 0.208 e. The fraction of sp³-hybridized carbons (Fsp3) is 0.571. The molecule has 13 heavy (non-hydrogen) atoms. The number of nitrogens with zero attached hydrogens (tertiary/aromatic N) is 3. The van der Waals surface area contributed by atoms with Crippen molar-refractivity contribution in [3.63, 3.8) is 0 Å². The van der Waals surface area contributed by atoms with E-state index in [9.17, 15) is 0 Å². The van der Waals surface area contributed by atoms with E-state index in [2.05, 4.69) is 17.1 Å². The second-order valence-corrected chi connectivity index (χ2v) is 4.19. The number of hydrogen-bond donors (Lipinski definition) is 1. The van der Waals surface area contributed by atoms with Crippen LogP contribution in [-0.2, 0) is 0 Å². The highest BCUT2D eigenvalue weighted by Crippen LogP contribution is 2.17. The van der Waals surface area contributed by atoms with Crippen molar-refractivity contribution in [1.29, 1.82) is 0 Å². The maximum atomic E-state index is 5.46. The van der Waals surface area contributed by atoms with Gasteiger partial charge in [-0.05, 0) is 6.92 Å². The van der Waals surface area contributed by atoms with Crippen molar-refractivity contribution in [3.05, 3.63) is 5.51 Å². The highest BCUT2D eigenvalue weighted by molar-refractivity contribution is 7.80. The molecule has 0 amide bonds. The van der Waals surface area contributed by atoms with E-state index in [1.807, 2.05) is 11.9 Å². The van der Waals surface area contributed by atoms with E-state index in [-0.39, 0.29) is 6.04 Å². The average Bonchev–Trinajstić information content (AvgIpc) is 2.53. The lowest BCUT2D eigenvalue weighted by Gasteiger charge is -2.22. The number of aromatic nitrogens is 2. The van der Waals surface area contributed by atoms with Crippen LogP contribution < -0.4 is 10.6 Å². The quantitative estimate of drug-likeness (QED) is 0.762. The Morgan fingerprint density at radius 2 is 2.54 bits per heavy atom. The predicted octanol–water partition coefficient (Wildman–Crippen LogP) is 1.04. The topological polar surface area (TPSA) is 55.0 Å². The molecule has 0 aliphatic rings. The number of thiocarbonyl (C=S) groups is 1. The van der Waals surface area contributed by atoms with Crippen molar-refractivity contribution in [2.24, 2.45) is 5.73 Å². The normalized spacial score (nSPS) is 12.5. The van der Waals surface area contributed by atoms with Crippen LogP contribution >= 0.6 is 23.6 Å². The van der Waals surface area contributed by atoms with Crippen LogP contribution in [0.3, 0.4) is 0 Å². The molecule has 0 saturated carbocycles. The molecule has 0 radical (unpaired) electrons. The van der Waals surface area contributed by atoms with Gasteiger partial charge in [0.05, 0.1) is 4.99 Å². The third-order valence-electron chi connectivity index (χ3n) is 1.81. The van der Waals surface area contributed by atoms with Crippen LogP contribution in [0.5, 0.6) is 0 Å². The predicted molar refractivity (Wildman–Crippen MR) is 59.2 cm³/mol. The van der Waals surface area contributed by atoms with E-state index in [1.54, 1.807) is 5.51 Å². The number of nitrogens with two attached hydrogens (primary N) is 1. The van der Waals surface area contributed by atoms with Gasteiger partial charge in [-0.1, -0.05) is 23.6 Å². The second-order valence-electron chi connectivity index (χ2n) is 2.85. The summed E-state index contributed by atoms with van der Waals surface area (Å²) >= 11 is 6.34. The van der Waals surface area contributed by atoms with Gasteiger partial charge in [0.2, 0.25) is 5.13 Å². The van der Waals surface area contributed by atoms with E-state index in [0.717, 1.165) is 5.13 Å². The molecule has 1 aromatic rings. The standard InChI is InChI=1S/C7H12N4S2/c1-5(3-6(8)12)11(2)7-10-9-4-13-7/h4-5H,3H2,1-2H3,(H2,8,12). The van der Waals surface area contributed by atoms with Gasteiger partial charge in [-0.25, -0.2) is 0 Å². The van der Waals surface area contributed by atoms with Crippen molar-refractivity contribution in [2.45, 2.75) is 19.4 Å². The van der Waals surface area contributed by atoms with Gasteiger partial charge in [-0.15, -0.1) is 10.2 Å². The van der Waals surface area contributed by atoms with Gasteiger partial charge in [0.25, 0.3) is 0 Å². The summed E-state index contributed by atoms with van der Waals surface area (Å²) in [5.74, 6) is 0. The van der Waals surface area contributed by atoms with Crippen LogP contribution in [0.2, 0.25) is 0 Å². The maximum absolute atomic E-state index is 5.46. The lowest BCUT2D eigenvalue weighted by Crippen LogP contribution is -2.32. The molecule has 1 heterocycles. The van der Waals surface area contributed by atoms with E-state index in [1.165, 1.54) is 11.3 Å². The van der Waals surface area contributed by atoms with Crippen molar-refractivity contribution in [2.75, 3.05) is 11.9 Å². The number of hydrogen-bond acceptors (Lipinski definition) is 5. The number of rotatable bonds is 4. The van der Waals surface area contributed by atoms with Crippen LogP contribution in [-0.4, -0.2) is 28.3 Å². The molecular weight excluding hydrogens is 204 g/mol. The molecule has 1 unspecified atom stereocenters. The summed E-state index contributed by atoms with van der Waals surface area (Å²) in [6.07, 6.45) is 0.700. The van der Waals surface area contributed by atoms with Crippen LogP contribution in [0.15, 0.2) is 5.51 Å². The zero-order chi connectivity index (χ0) is 9.84. The Labute approximate surface area is 86.8 Å². The minimum Gasteiger partial charge on any atom is -0.393 e. The van der Waals surface area contributed by atoms with Crippen LogP contribution in [0, 0.1) is 0 Å². The Kier molecular flexibility index (Phi) is 3.56. The number of anilines is 1. The highest BCUT2D eigenvalue weighted by atomic mass is 32.1. The Morgan fingerprint density at radius 3 is 3.00 bits per heavy atom. The Bertz CT molecular complexity index is 272. The zero-order valence-electron chi connectivity index (χ0n) is 7.60. The highest BCUT2D eigenvalue weighted by Gasteiger charge is 2.12. The molecule has 0 aliphatic carbocycles. The molecule has 6 heteroatoms. The summed E-state index contributed by atoms with van der Waals surface area (Å²) in [5.41, 5.74) is 7.16. The third kappa shape index (κ3) is 2.89. The minimum atomic E-state index is 0.269. The molecule has 1 rings (SSSR count). The van der Waals surface area contributed by atoms with Crippen LogP contribution in [0.1, 0.15) is 13.3 Å². The molecule has 1 aromatic heterocycles. The largest absolute Gasteiger partial charge is 0.393 e. The molecule has 0 bridgehead atoms. The van der Waals surface area contributed by atoms with Gasteiger partial charge < -0.3 is 10.6 Å². The van der Waals surface area contributed by atoms with Gasteiger partial charge in [0.1, 0.15) is 5.51 Å². The fourth-order valence-corrected chi connectivity index (χ4v) is 1.81. The molecule has 2 N–H and O–H groups in total. The zero-order valence-corrected chi connectivity index (χ0v) is 9.23. The van der Waals surface area contributed by atoms with Gasteiger partial charge in [-0.2, -0.15) is 0 Å². The first kappa shape index (κ1) is 10.3. The molecule has 0 fully saturated rings. The fourth-order valence-electron chi connectivity index (χ4n) is 0.938. The van der Waals surface area contributed by atoms with Crippen molar-refractivity contribution < 1.29 is 0 Å². The lowest BCUT2D eigenvalue weighted by atomic mass is 10.2. The van der Waals surface area contributed by atoms with Crippen molar-refractivity contribution in [3.8, 4) is 0 Å². The first-order valence-corrected chi connectivity index (χ1v) is 5.17. The molecule has 4 nitrogen and oxygen atoms in total. The van der Waals surface area contributed by atoms with E-state index in [4.69, 9.17) is 18.0 Å². The lowest BCUT2D eigenvalue weighted by molar-refractivity contribution is 0.708. The first-order valence-electron chi connectivity index (χ1n) is 3.88. The SMILES string of the molecule is CC(CC(N)=S)N(C)c1nncs1. The molecule has 1 atom stereocenters. The van der Waals surface area contributed by atoms with Crippen LogP contribution in [0.4, 0.5) is 5.13 Å². The smallest absolute Gasteiger partial charge is 0.208 e. The van der Waals surface area contributed by atoms with Crippen LogP contribution in [0.25, 0.3) is 0 Å². The molecule has 0 saturated heterocycles. The van der Waals surface area contributed by atoms with Crippen molar-refractivity contribution >= 4 is 33.7 Å². The Hall–Kier alpha value is -0.750. The minimum absolute atomic E-state index is 0.269. The first-order chi connectivity index (χ1) is 6.11. The second kappa shape index (κ2) is 4.48. The van der Waals surface area contributed by atoms with Gasteiger partial charge in [0.15, 0.2) is 0 Å². The average molecular weight is 216 g/mol. The molecule has 0 spiro atoms. The summed E-state index contributed by atoms with van der Waals surface area (Å²) in [7, 11) is 1.96. The molecule has 72 valence electrons. The third-order valence-corrected chi connectivity index (χ3v) is 2.75. The van der Waals surface area contributed by atoms with Crippen molar-refractivity contribution in [1.82, 2.24) is 10.2 Å². The van der Waals surface area contributed by atoms with Gasteiger partial charge in [0, 0.05) is 19.5 Å². The summed E-state index contributed by atoms with van der Waals surface area (Å²) in [6, 6.07) is 0.269. The summed E-state index contributed by atoms with van der Waals surface area (Å²) in [6.45, 7) is 2.06. The van der Waals surface area contributed by atoms with E-state index < -0.39 is 0 Å². The Morgan fingerprint density at radius 1 is 1.85 bits per heavy atom. The molecular formula is C7H12N4S2. The van der Waals surface area contributed by atoms with E-state index in [0.29, 0.717) is 11.4 Å². The summed E-state index contributed by atoms with van der Waals surface area (Å²) in [4.78, 5) is 2.56. The van der Waals surface area contributed by atoms with Gasteiger partial charge >= 0.3 is 0 Å². The van der Waals surface area contributed by atoms with Gasteiger partial charge in [-0.3, -0.25) is 0 Å².